The Kier molecular flexibility index (Phi) is 3.88. The molecule has 0 saturated carbocycles. The minimum atomic E-state index is -3.65. The summed E-state index contributed by atoms with van der Waals surface area (Å²) in [6.07, 6.45) is 2.97. The fourth-order valence-electron chi connectivity index (χ4n) is 2.02. The highest BCUT2D eigenvalue weighted by molar-refractivity contribution is 7.89. The van der Waals surface area contributed by atoms with Gasteiger partial charge in [0.15, 0.2) is 0 Å². The van der Waals surface area contributed by atoms with Crippen molar-refractivity contribution in [1.29, 1.82) is 0 Å². The summed E-state index contributed by atoms with van der Waals surface area (Å²) in [5.74, 6) is -1.13. The van der Waals surface area contributed by atoms with E-state index in [0.29, 0.717) is 13.0 Å². The van der Waals surface area contributed by atoms with Gasteiger partial charge in [0.1, 0.15) is 11.4 Å². The normalized spacial score (nSPS) is 20.8. The quantitative estimate of drug-likeness (QED) is 0.716. The van der Waals surface area contributed by atoms with E-state index in [1.54, 1.807) is 0 Å². The van der Waals surface area contributed by atoms with E-state index in [2.05, 4.69) is 5.10 Å². The number of sulfonamides is 1. The summed E-state index contributed by atoms with van der Waals surface area (Å²) in [4.78, 5) is 10.5. The van der Waals surface area contributed by atoms with Gasteiger partial charge in [-0.1, -0.05) is 0 Å². The van der Waals surface area contributed by atoms with E-state index in [0.717, 1.165) is 10.9 Å². The fourth-order valence-corrected chi connectivity index (χ4v) is 3.50. The van der Waals surface area contributed by atoms with Gasteiger partial charge in [-0.2, -0.15) is 9.40 Å². The van der Waals surface area contributed by atoms with Crippen LogP contribution in [0.2, 0.25) is 0 Å². The topological polar surface area (TPSA) is 113 Å². The van der Waals surface area contributed by atoms with Crippen LogP contribution in [0.5, 0.6) is 0 Å². The van der Waals surface area contributed by atoms with Crippen LogP contribution in [-0.2, 0) is 21.4 Å². The number of aliphatic hydroxyl groups is 1. The summed E-state index contributed by atoms with van der Waals surface area (Å²) in [7, 11) is -3.65. The maximum absolute atomic E-state index is 12.2. The Bertz CT molecular complexity index is 567. The maximum atomic E-state index is 12.2. The van der Waals surface area contributed by atoms with Crippen molar-refractivity contribution in [3.63, 3.8) is 0 Å². The zero-order valence-electron chi connectivity index (χ0n) is 10.1. The number of hydrogen-bond donors (Lipinski definition) is 2. The molecule has 1 saturated heterocycles. The third-order valence-corrected chi connectivity index (χ3v) is 4.87. The monoisotopic (exact) mass is 289 g/mol. The molecule has 1 aliphatic heterocycles. The summed E-state index contributed by atoms with van der Waals surface area (Å²) in [6, 6.07) is 0. The average Bonchev–Trinajstić information content (AvgIpc) is 2.96. The molecular formula is C10H15N3O5S. The van der Waals surface area contributed by atoms with Crippen LogP contribution in [0.1, 0.15) is 6.42 Å². The van der Waals surface area contributed by atoms with Crippen molar-refractivity contribution in [1.82, 2.24) is 14.1 Å². The van der Waals surface area contributed by atoms with Crippen LogP contribution < -0.4 is 0 Å². The molecule has 0 spiro atoms. The number of carboxylic acids is 1. The van der Waals surface area contributed by atoms with Crippen LogP contribution in [-0.4, -0.2) is 58.4 Å². The standard InChI is InChI=1S/C10H15N3O5S/c14-7-8-1-2-13(4-8)19(17,18)9-3-11-12(5-9)6-10(15)16/h3,5,8,14H,1-2,4,6-7H2,(H,15,16). The molecule has 0 aromatic carbocycles. The summed E-state index contributed by atoms with van der Waals surface area (Å²) < 4.78 is 26.8. The van der Waals surface area contributed by atoms with Gasteiger partial charge in [0, 0.05) is 25.9 Å². The van der Waals surface area contributed by atoms with Crippen molar-refractivity contribution in [2.45, 2.75) is 17.9 Å². The molecule has 2 N–H and O–H groups in total. The van der Waals surface area contributed by atoms with Crippen molar-refractivity contribution < 1.29 is 23.4 Å². The van der Waals surface area contributed by atoms with Gasteiger partial charge < -0.3 is 10.2 Å². The van der Waals surface area contributed by atoms with Crippen LogP contribution in [0.4, 0.5) is 0 Å². The van der Waals surface area contributed by atoms with E-state index >= 15 is 0 Å². The minimum Gasteiger partial charge on any atom is -0.480 e. The van der Waals surface area contributed by atoms with Gasteiger partial charge in [0.05, 0.1) is 6.20 Å². The second-order valence-electron chi connectivity index (χ2n) is 4.47. The lowest BCUT2D eigenvalue weighted by molar-refractivity contribution is -0.137. The van der Waals surface area contributed by atoms with Gasteiger partial charge in [0.25, 0.3) is 0 Å². The first-order valence-electron chi connectivity index (χ1n) is 5.78. The maximum Gasteiger partial charge on any atom is 0.325 e. The number of rotatable bonds is 5. The van der Waals surface area contributed by atoms with Gasteiger partial charge in [-0.05, 0) is 12.3 Å². The van der Waals surface area contributed by atoms with Gasteiger partial charge in [0.2, 0.25) is 10.0 Å². The van der Waals surface area contributed by atoms with Crippen LogP contribution in [0.25, 0.3) is 0 Å². The van der Waals surface area contributed by atoms with Crippen molar-refractivity contribution in [3.8, 4) is 0 Å². The number of carboxylic acid groups (broad SMARTS) is 1. The van der Waals surface area contributed by atoms with Crippen molar-refractivity contribution in [2.24, 2.45) is 5.92 Å². The highest BCUT2D eigenvalue weighted by atomic mass is 32.2. The molecule has 106 valence electrons. The smallest absolute Gasteiger partial charge is 0.325 e. The lowest BCUT2D eigenvalue weighted by Gasteiger charge is -2.14. The molecule has 2 heterocycles. The van der Waals surface area contributed by atoms with Crippen molar-refractivity contribution in [3.05, 3.63) is 12.4 Å². The number of aromatic nitrogens is 2. The predicted octanol–water partition coefficient (Wildman–Crippen LogP) is -1.03. The van der Waals surface area contributed by atoms with Crippen LogP contribution in [0.3, 0.4) is 0 Å². The zero-order valence-corrected chi connectivity index (χ0v) is 11.0. The Morgan fingerprint density at radius 2 is 2.26 bits per heavy atom. The Labute approximate surface area is 110 Å². The molecule has 1 aromatic heterocycles. The number of hydrogen-bond acceptors (Lipinski definition) is 5. The molecule has 1 aromatic rings. The first-order valence-corrected chi connectivity index (χ1v) is 7.22. The lowest BCUT2D eigenvalue weighted by Crippen LogP contribution is -2.29. The molecule has 9 heteroatoms. The van der Waals surface area contributed by atoms with E-state index in [9.17, 15) is 13.2 Å². The summed E-state index contributed by atoms with van der Waals surface area (Å²) in [6.45, 7) is 0.222. The van der Waals surface area contributed by atoms with E-state index in [4.69, 9.17) is 10.2 Å². The Morgan fingerprint density at radius 3 is 2.84 bits per heavy atom. The molecule has 0 amide bonds. The Hall–Kier alpha value is -1.45. The van der Waals surface area contributed by atoms with Crippen LogP contribution in [0.15, 0.2) is 17.3 Å². The molecule has 8 nitrogen and oxygen atoms in total. The minimum absolute atomic E-state index is 0.0210. The predicted molar refractivity (Wildman–Crippen MR) is 63.8 cm³/mol. The lowest BCUT2D eigenvalue weighted by atomic mass is 10.1. The Morgan fingerprint density at radius 1 is 1.53 bits per heavy atom. The Balaban J connectivity index is 2.16. The number of aliphatic hydroxyl groups excluding tert-OH is 1. The summed E-state index contributed by atoms with van der Waals surface area (Å²) >= 11 is 0. The SMILES string of the molecule is O=C(O)Cn1cc(S(=O)(=O)N2CCC(CO)C2)cn1. The number of carbonyl (C=O) groups is 1. The molecule has 1 unspecified atom stereocenters. The molecule has 1 aliphatic rings. The summed E-state index contributed by atoms with van der Waals surface area (Å²) in [5, 5.41) is 21.3. The summed E-state index contributed by atoms with van der Waals surface area (Å²) in [5.41, 5.74) is 0. The van der Waals surface area contributed by atoms with Crippen LogP contribution >= 0.6 is 0 Å². The largest absolute Gasteiger partial charge is 0.480 e. The van der Waals surface area contributed by atoms with Gasteiger partial charge in [-0.3, -0.25) is 9.48 Å². The average molecular weight is 289 g/mol. The second-order valence-corrected chi connectivity index (χ2v) is 6.41. The highest BCUT2D eigenvalue weighted by Crippen LogP contribution is 2.23. The molecule has 0 bridgehead atoms. The molecule has 0 radical (unpaired) electrons. The van der Waals surface area contributed by atoms with Crippen molar-refractivity contribution >= 4 is 16.0 Å². The molecular weight excluding hydrogens is 274 g/mol. The first-order chi connectivity index (χ1) is 8.93. The zero-order chi connectivity index (χ0) is 14.0. The van der Waals surface area contributed by atoms with E-state index in [1.807, 2.05) is 0 Å². The molecule has 19 heavy (non-hydrogen) atoms. The van der Waals surface area contributed by atoms with Crippen LogP contribution in [0, 0.1) is 5.92 Å². The molecule has 1 fully saturated rings. The number of nitrogens with zero attached hydrogens (tertiary/aromatic N) is 3. The molecule has 2 rings (SSSR count). The van der Waals surface area contributed by atoms with E-state index in [-0.39, 0.29) is 30.5 Å². The highest BCUT2D eigenvalue weighted by Gasteiger charge is 2.33. The third-order valence-electron chi connectivity index (χ3n) is 3.05. The van der Waals surface area contributed by atoms with Gasteiger partial charge >= 0.3 is 5.97 Å². The first kappa shape index (κ1) is 14.0. The van der Waals surface area contributed by atoms with E-state index < -0.39 is 16.0 Å². The van der Waals surface area contributed by atoms with E-state index in [1.165, 1.54) is 10.5 Å². The van der Waals surface area contributed by atoms with Crippen molar-refractivity contribution in [2.75, 3.05) is 19.7 Å². The van der Waals surface area contributed by atoms with Gasteiger partial charge in [-0.25, -0.2) is 8.42 Å². The molecule has 0 aliphatic carbocycles. The van der Waals surface area contributed by atoms with Gasteiger partial charge in [-0.15, -0.1) is 0 Å². The third kappa shape index (κ3) is 2.94. The number of aliphatic carboxylic acids is 1. The fraction of sp³-hybridized carbons (Fsp3) is 0.600. The molecule has 1 atom stereocenters. The second kappa shape index (κ2) is 5.27.